The van der Waals surface area contributed by atoms with Crippen molar-refractivity contribution in [2.75, 3.05) is 13.2 Å². The van der Waals surface area contributed by atoms with Crippen molar-refractivity contribution in [1.29, 1.82) is 0 Å². The molecule has 2 aromatic carbocycles. The molecule has 26 heavy (non-hydrogen) atoms. The minimum Gasteiger partial charge on any atom is -0.491 e. The molecule has 0 saturated carbocycles. The number of benzene rings is 2. The third-order valence-corrected chi connectivity index (χ3v) is 4.56. The van der Waals surface area contributed by atoms with Gasteiger partial charge in [0, 0.05) is 13.0 Å². The number of nitrogens with one attached hydrogen (secondary N) is 1. The van der Waals surface area contributed by atoms with Crippen LogP contribution in [0.1, 0.15) is 24.0 Å². The van der Waals surface area contributed by atoms with Crippen LogP contribution in [0.25, 0.3) is 0 Å². The molecule has 0 heterocycles. The van der Waals surface area contributed by atoms with Gasteiger partial charge in [0.05, 0.1) is 10.0 Å². The highest BCUT2D eigenvalue weighted by molar-refractivity contribution is 6.42. The normalized spacial score (nSPS) is 11.8. The molecule has 0 saturated heterocycles. The number of hydrogen-bond acceptors (Lipinski definition) is 3. The summed E-state index contributed by atoms with van der Waals surface area (Å²) in [4.78, 5) is 11.9. The van der Waals surface area contributed by atoms with Crippen LogP contribution in [-0.4, -0.2) is 30.3 Å². The smallest absolute Gasteiger partial charge is 0.220 e. The molecule has 0 aliphatic heterocycles. The molecule has 0 aliphatic carbocycles. The molecular weight excluding hydrogens is 373 g/mol. The summed E-state index contributed by atoms with van der Waals surface area (Å²) in [6.45, 7) is 2.27. The van der Waals surface area contributed by atoms with Gasteiger partial charge in [0.2, 0.25) is 5.91 Å². The molecule has 6 heteroatoms. The Morgan fingerprint density at radius 2 is 2.00 bits per heavy atom. The van der Waals surface area contributed by atoms with Gasteiger partial charge in [-0.2, -0.15) is 0 Å². The summed E-state index contributed by atoms with van der Waals surface area (Å²) < 4.78 is 5.52. The monoisotopic (exact) mass is 395 g/mol. The third-order valence-electron chi connectivity index (χ3n) is 3.82. The van der Waals surface area contributed by atoms with Gasteiger partial charge in [-0.05, 0) is 55.2 Å². The number of aliphatic hydroxyl groups is 1. The molecular formula is C20H23Cl2NO3. The number of aliphatic hydroxyl groups excluding tert-OH is 1. The van der Waals surface area contributed by atoms with Gasteiger partial charge >= 0.3 is 0 Å². The number of ether oxygens (including phenoxy) is 1. The summed E-state index contributed by atoms with van der Waals surface area (Å²) in [5.74, 6) is 0.608. The minimum absolute atomic E-state index is 0.0975. The van der Waals surface area contributed by atoms with Crippen molar-refractivity contribution < 1.29 is 14.6 Å². The summed E-state index contributed by atoms with van der Waals surface area (Å²) in [5.41, 5.74) is 2.13. The Balaban J connectivity index is 1.62. The lowest BCUT2D eigenvalue weighted by molar-refractivity contribution is -0.121. The van der Waals surface area contributed by atoms with Gasteiger partial charge in [-0.1, -0.05) is 41.4 Å². The van der Waals surface area contributed by atoms with E-state index in [1.807, 2.05) is 43.3 Å². The SMILES string of the molecule is Cc1cccc(OCC(O)CNC(=O)CCCc2ccc(Cl)c(Cl)c2)c1. The Kier molecular flexibility index (Phi) is 8.23. The number of carbonyl (C=O) groups is 1. The van der Waals surface area contributed by atoms with E-state index in [1.165, 1.54) is 0 Å². The van der Waals surface area contributed by atoms with Gasteiger partial charge in [0.15, 0.2) is 0 Å². The van der Waals surface area contributed by atoms with Crippen LogP contribution in [0.5, 0.6) is 5.75 Å². The lowest BCUT2D eigenvalue weighted by atomic mass is 10.1. The Hall–Kier alpha value is -1.75. The molecule has 2 rings (SSSR count). The van der Waals surface area contributed by atoms with E-state index < -0.39 is 6.10 Å². The largest absolute Gasteiger partial charge is 0.491 e. The second-order valence-corrected chi connectivity index (χ2v) is 7.00. The zero-order chi connectivity index (χ0) is 18.9. The van der Waals surface area contributed by atoms with Gasteiger partial charge in [-0.15, -0.1) is 0 Å². The minimum atomic E-state index is -0.755. The predicted molar refractivity (Wildman–Crippen MR) is 105 cm³/mol. The lowest BCUT2D eigenvalue weighted by Crippen LogP contribution is -2.35. The van der Waals surface area contributed by atoms with Crippen LogP contribution in [-0.2, 0) is 11.2 Å². The second kappa shape index (κ2) is 10.4. The van der Waals surface area contributed by atoms with E-state index >= 15 is 0 Å². The maximum absolute atomic E-state index is 11.9. The Morgan fingerprint density at radius 3 is 2.73 bits per heavy atom. The topological polar surface area (TPSA) is 58.6 Å². The maximum atomic E-state index is 11.9. The molecule has 0 aliphatic rings. The van der Waals surface area contributed by atoms with Gasteiger partial charge in [-0.3, -0.25) is 4.79 Å². The summed E-state index contributed by atoms with van der Waals surface area (Å²) in [6, 6.07) is 13.1. The fourth-order valence-electron chi connectivity index (χ4n) is 2.42. The highest BCUT2D eigenvalue weighted by Crippen LogP contribution is 2.23. The maximum Gasteiger partial charge on any atom is 0.220 e. The van der Waals surface area contributed by atoms with Crippen LogP contribution in [0.2, 0.25) is 10.0 Å². The molecule has 140 valence electrons. The summed E-state index contributed by atoms with van der Waals surface area (Å²) in [7, 11) is 0. The van der Waals surface area contributed by atoms with Crippen molar-refractivity contribution in [3.05, 3.63) is 63.6 Å². The average molecular weight is 396 g/mol. The summed E-state index contributed by atoms with van der Waals surface area (Å²) in [6.07, 6.45) is 1.06. The zero-order valence-electron chi connectivity index (χ0n) is 14.7. The quantitative estimate of drug-likeness (QED) is 0.669. The van der Waals surface area contributed by atoms with Crippen molar-refractivity contribution in [3.63, 3.8) is 0 Å². The molecule has 1 amide bonds. The molecule has 2 aromatic rings. The molecule has 2 N–H and O–H groups in total. The molecule has 4 nitrogen and oxygen atoms in total. The van der Waals surface area contributed by atoms with E-state index in [0.29, 0.717) is 28.6 Å². The molecule has 0 fully saturated rings. The number of rotatable bonds is 9. The fourth-order valence-corrected chi connectivity index (χ4v) is 2.75. The number of aryl methyl sites for hydroxylation is 2. The van der Waals surface area contributed by atoms with Crippen molar-refractivity contribution in [2.24, 2.45) is 0 Å². The number of carbonyl (C=O) groups excluding carboxylic acids is 1. The van der Waals surface area contributed by atoms with Crippen LogP contribution in [0.15, 0.2) is 42.5 Å². The zero-order valence-corrected chi connectivity index (χ0v) is 16.2. The van der Waals surface area contributed by atoms with E-state index in [0.717, 1.165) is 17.5 Å². The standard InChI is InChI=1S/C20H23Cl2NO3/c1-14-4-2-6-17(10-14)26-13-16(24)12-23-20(25)7-3-5-15-8-9-18(21)19(22)11-15/h2,4,6,8-11,16,24H,3,5,7,12-13H2,1H3,(H,23,25). The van der Waals surface area contributed by atoms with Crippen molar-refractivity contribution in [2.45, 2.75) is 32.3 Å². The van der Waals surface area contributed by atoms with Crippen LogP contribution >= 0.6 is 23.2 Å². The van der Waals surface area contributed by atoms with Gasteiger partial charge < -0.3 is 15.2 Å². The summed E-state index contributed by atoms with van der Waals surface area (Å²) >= 11 is 11.9. The van der Waals surface area contributed by atoms with E-state index in [-0.39, 0.29) is 19.1 Å². The number of halogens is 2. The predicted octanol–water partition coefficient (Wildman–Crippen LogP) is 4.18. The van der Waals surface area contributed by atoms with E-state index in [4.69, 9.17) is 27.9 Å². The second-order valence-electron chi connectivity index (χ2n) is 6.19. The highest BCUT2D eigenvalue weighted by atomic mass is 35.5. The first-order valence-corrected chi connectivity index (χ1v) is 9.28. The van der Waals surface area contributed by atoms with Crippen LogP contribution in [0.3, 0.4) is 0 Å². The van der Waals surface area contributed by atoms with Gasteiger partial charge in [0.1, 0.15) is 18.5 Å². The molecule has 0 radical (unpaired) electrons. The Labute approximate surface area is 164 Å². The molecule has 0 spiro atoms. The average Bonchev–Trinajstić information content (AvgIpc) is 2.61. The van der Waals surface area contributed by atoms with Gasteiger partial charge in [0.25, 0.3) is 0 Å². The number of hydrogen-bond donors (Lipinski definition) is 2. The van der Waals surface area contributed by atoms with Crippen molar-refractivity contribution in [1.82, 2.24) is 5.32 Å². The van der Waals surface area contributed by atoms with Crippen LogP contribution in [0, 0.1) is 6.92 Å². The first-order valence-electron chi connectivity index (χ1n) is 8.52. The highest BCUT2D eigenvalue weighted by Gasteiger charge is 2.09. The summed E-state index contributed by atoms with van der Waals surface area (Å²) in [5, 5.41) is 13.7. The van der Waals surface area contributed by atoms with Crippen LogP contribution < -0.4 is 10.1 Å². The lowest BCUT2D eigenvalue weighted by Gasteiger charge is -2.13. The van der Waals surface area contributed by atoms with Crippen LogP contribution in [0.4, 0.5) is 0 Å². The molecule has 1 unspecified atom stereocenters. The fraction of sp³-hybridized carbons (Fsp3) is 0.350. The van der Waals surface area contributed by atoms with E-state index in [9.17, 15) is 9.90 Å². The molecule has 0 aromatic heterocycles. The van der Waals surface area contributed by atoms with Crippen molar-refractivity contribution >= 4 is 29.1 Å². The van der Waals surface area contributed by atoms with E-state index in [2.05, 4.69) is 5.32 Å². The molecule has 0 bridgehead atoms. The Morgan fingerprint density at radius 1 is 1.19 bits per heavy atom. The number of amides is 1. The van der Waals surface area contributed by atoms with Gasteiger partial charge in [-0.25, -0.2) is 0 Å². The first kappa shape index (κ1) is 20.6. The van der Waals surface area contributed by atoms with Crippen molar-refractivity contribution in [3.8, 4) is 5.75 Å². The first-order chi connectivity index (χ1) is 12.4. The van der Waals surface area contributed by atoms with E-state index in [1.54, 1.807) is 6.07 Å². The molecule has 1 atom stereocenters. The third kappa shape index (κ3) is 7.24. The Bertz CT molecular complexity index is 737.